The van der Waals surface area contributed by atoms with Crippen LogP contribution in [-0.4, -0.2) is 28.5 Å². The maximum atomic E-state index is 12.3. The van der Waals surface area contributed by atoms with Crippen LogP contribution in [-0.2, 0) is 11.3 Å². The maximum Gasteiger partial charge on any atom is 0.305 e. The molecule has 0 radical (unpaired) electrons. The van der Waals surface area contributed by atoms with Crippen LogP contribution in [0.15, 0.2) is 72.1 Å². The van der Waals surface area contributed by atoms with Crippen LogP contribution < -0.4 is 10.2 Å². The monoisotopic (exact) mass is 611 g/mol. The predicted molar refractivity (Wildman–Crippen MR) is 153 cm³/mol. The molecule has 1 heterocycles. The Bertz CT molecular complexity index is 1370. The van der Waals surface area contributed by atoms with Gasteiger partial charge in [-0.15, -0.1) is 11.3 Å². The van der Waals surface area contributed by atoms with Crippen molar-refractivity contribution in [2.75, 3.05) is 11.4 Å². The zero-order valence-electron chi connectivity index (χ0n) is 20.0. The van der Waals surface area contributed by atoms with Crippen LogP contribution >= 0.6 is 33.9 Å². The third kappa shape index (κ3) is 6.50. The zero-order chi connectivity index (χ0) is 25.7. The van der Waals surface area contributed by atoms with Gasteiger partial charge in [0.15, 0.2) is 5.13 Å². The molecule has 4 aromatic rings. The van der Waals surface area contributed by atoms with Crippen molar-refractivity contribution in [3.63, 3.8) is 0 Å². The van der Waals surface area contributed by atoms with Gasteiger partial charge in [-0.25, -0.2) is 4.98 Å². The lowest BCUT2D eigenvalue weighted by atomic mass is 10.0. The molecule has 0 unspecified atom stereocenters. The van der Waals surface area contributed by atoms with Crippen LogP contribution in [0.1, 0.15) is 33.5 Å². The van der Waals surface area contributed by atoms with Crippen molar-refractivity contribution in [3.8, 4) is 11.3 Å². The van der Waals surface area contributed by atoms with Crippen molar-refractivity contribution in [2.24, 2.45) is 0 Å². The molecule has 0 saturated heterocycles. The normalized spacial score (nSPS) is 10.8. The third-order valence-electron chi connectivity index (χ3n) is 5.70. The molecule has 6 nitrogen and oxygen atoms in total. The van der Waals surface area contributed by atoms with Gasteiger partial charge in [-0.3, -0.25) is 9.59 Å². The summed E-state index contributed by atoms with van der Waals surface area (Å²) >= 11 is 3.90. The van der Waals surface area contributed by atoms with Crippen molar-refractivity contribution >= 4 is 56.6 Å². The molecule has 4 rings (SSSR count). The standard InChI is InChI=1S/C28H26IN3O3S/c1-18-3-12-24(19(2)15-18)25-17-36-28(31-25)32(23-10-8-22(29)9-11-23)16-20-4-6-21(7-5-20)27(35)30-14-13-26(33)34/h3-12,15,17H,13-14,16H2,1-2H3,(H,30,35)(H,33,34). The first-order valence-corrected chi connectivity index (χ1v) is 13.4. The summed E-state index contributed by atoms with van der Waals surface area (Å²) in [4.78, 5) is 30.1. The molecule has 36 heavy (non-hydrogen) atoms. The Kier molecular flexibility index (Phi) is 8.37. The Labute approximate surface area is 228 Å². The van der Waals surface area contributed by atoms with E-state index in [1.54, 1.807) is 23.5 Å². The fraction of sp³-hybridized carbons (Fsp3) is 0.179. The first-order valence-electron chi connectivity index (χ1n) is 11.5. The number of rotatable bonds is 9. The summed E-state index contributed by atoms with van der Waals surface area (Å²) in [6.45, 7) is 4.88. The summed E-state index contributed by atoms with van der Waals surface area (Å²) in [6, 6.07) is 22.1. The molecule has 8 heteroatoms. The van der Waals surface area contributed by atoms with E-state index in [1.807, 2.05) is 12.1 Å². The fourth-order valence-corrected chi connectivity index (χ4v) is 5.04. The summed E-state index contributed by atoms with van der Waals surface area (Å²) < 4.78 is 1.16. The van der Waals surface area contributed by atoms with Crippen LogP contribution in [0.5, 0.6) is 0 Å². The molecule has 0 aliphatic rings. The second-order valence-electron chi connectivity index (χ2n) is 8.49. The number of hydrogen-bond acceptors (Lipinski definition) is 5. The molecule has 0 aliphatic carbocycles. The Morgan fingerprint density at radius 1 is 1.03 bits per heavy atom. The van der Waals surface area contributed by atoms with E-state index in [0.717, 1.165) is 31.2 Å². The topological polar surface area (TPSA) is 82.5 Å². The van der Waals surface area contributed by atoms with E-state index < -0.39 is 5.97 Å². The Hall–Kier alpha value is -3.24. The molecule has 1 aromatic heterocycles. The average Bonchev–Trinajstić information content (AvgIpc) is 3.33. The fourth-order valence-electron chi connectivity index (χ4n) is 3.83. The zero-order valence-corrected chi connectivity index (χ0v) is 23.0. The van der Waals surface area contributed by atoms with Gasteiger partial charge in [-0.05, 0) is 84.0 Å². The van der Waals surface area contributed by atoms with Crippen LogP contribution in [0.4, 0.5) is 10.8 Å². The molecule has 0 saturated carbocycles. The van der Waals surface area contributed by atoms with Gasteiger partial charge in [0.2, 0.25) is 0 Å². The molecule has 0 spiro atoms. The number of nitrogens with one attached hydrogen (secondary N) is 1. The van der Waals surface area contributed by atoms with E-state index in [-0.39, 0.29) is 18.9 Å². The number of aliphatic carboxylic acids is 1. The van der Waals surface area contributed by atoms with E-state index in [4.69, 9.17) is 10.1 Å². The van der Waals surface area contributed by atoms with E-state index in [9.17, 15) is 9.59 Å². The quantitative estimate of drug-likeness (QED) is 0.209. The lowest BCUT2D eigenvalue weighted by molar-refractivity contribution is -0.136. The van der Waals surface area contributed by atoms with Crippen molar-refractivity contribution < 1.29 is 14.7 Å². The van der Waals surface area contributed by atoms with Gasteiger partial charge < -0.3 is 15.3 Å². The molecule has 0 bridgehead atoms. The second-order valence-corrected chi connectivity index (χ2v) is 10.6. The van der Waals surface area contributed by atoms with Gasteiger partial charge in [-0.1, -0.05) is 35.9 Å². The number of halogens is 1. The van der Waals surface area contributed by atoms with Gasteiger partial charge in [0, 0.05) is 32.3 Å². The van der Waals surface area contributed by atoms with E-state index in [2.05, 4.69) is 94.5 Å². The van der Waals surface area contributed by atoms with E-state index in [0.29, 0.717) is 12.1 Å². The number of carboxylic acids is 1. The summed E-state index contributed by atoms with van der Waals surface area (Å²) in [5, 5.41) is 14.4. The highest BCUT2D eigenvalue weighted by Crippen LogP contribution is 2.35. The lowest BCUT2D eigenvalue weighted by Gasteiger charge is -2.22. The number of carbonyl (C=O) groups excluding carboxylic acids is 1. The van der Waals surface area contributed by atoms with Crippen molar-refractivity contribution in [3.05, 3.63) is 97.9 Å². The largest absolute Gasteiger partial charge is 0.481 e. The number of aromatic nitrogens is 1. The van der Waals surface area contributed by atoms with Crippen LogP contribution in [0, 0.1) is 17.4 Å². The summed E-state index contributed by atoms with van der Waals surface area (Å²) in [5.74, 6) is -1.22. The summed E-state index contributed by atoms with van der Waals surface area (Å²) in [6.07, 6.45) is -0.104. The summed E-state index contributed by atoms with van der Waals surface area (Å²) in [5.41, 5.74) is 7.07. The molecule has 0 aliphatic heterocycles. The SMILES string of the molecule is Cc1ccc(-c2csc(N(Cc3ccc(C(=O)NCCC(=O)O)cc3)c3ccc(I)cc3)n2)c(C)c1. The number of thiazole rings is 1. The molecule has 0 fully saturated rings. The smallest absolute Gasteiger partial charge is 0.305 e. The van der Waals surface area contributed by atoms with Gasteiger partial charge >= 0.3 is 5.97 Å². The number of amides is 1. The number of carboxylic acid groups (broad SMARTS) is 1. The molecular weight excluding hydrogens is 585 g/mol. The minimum Gasteiger partial charge on any atom is -0.481 e. The molecule has 1 amide bonds. The minimum atomic E-state index is -0.941. The first kappa shape index (κ1) is 25.8. The van der Waals surface area contributed by atoms with Crippen molar-refractivity contribution in [1.29, 1.82) is 0 Å². The van der Waals surface area contributed by atoms with Gasteiger partial charge in [0.05, 0.1) is 18.7 Å². The number of nitrogens with zero attached hydrogens (tertiary/aromatic N) is 2. The number of aryl methyl sites for hydroxylation is 2. The van der Waals surface area contributed by atoms with Crippen molar-refractivity contribution in [1.82, 2.24) is 10.3 Å². The average molecular weight is 612 g/mol. The van der Waals surface area contributed by atoms with Crippen LogP contribution in [0.3, 0.4) is 0 Å². The highest BCUT2D eigenvalue weighted by atomic mass is 127. The number of carbonyl (C=O) groups is 2. The van der Waals surface area contributed by atoms with Crippen LogP contribution in [0.25, 0.3) is 11.3 Å². The molecule has 0 atom stereocenters. The maximum absolute atomic E-state index is 12.3. The van der Waals surface area contributed by atoms with E-state index >= 15 is 0 Å². The highest BCUT2D eigenvalue weighted by molar-refractivity contribution is 14.1. The molecular formula is C28H26IN3O3S. The Balaban J connectivity index is 1.58. The first-order chi connectivity index (χ1) is 17.3. The number of benzene rings is 3. The molecule has 3 aromatic carbocycles. The predicted octanol–water partition coefficient (Wildman–Crippen LogP) is 6.57. The third-order valence-corrected chi connectivity index (χ3v) is 7.28. The number of anilines is 2. The Morgan fingerprint density at radius 2 is 1.75 bits per heavy atom. The van der Waals surface area contributed by atoms with Gasteiger partial charge in [0.1, 0.15) is 0 Å². The van der Waals surface area contributed by atoms with Gasteiger partial charge in [0.25, 0.3) is 5.91 Å². The number of hydrogen-bond donors (Lipinski definition) is 2. The van der Waals surface area contributed by atoms with Crippen LogP contribution in [0.2, 0.25) is 0 Å². The minimum absolute atomic E-state index is 0.101. The summed E-state index contributed by atoms with van der Waals surface area (Å²) in [7, 11) is 0. The Morgan fingerprint density at radius 3 is 2.42 bits per heavy atom. The lowest BCUT2D eigenvalue weighted by Crippen LogP contribution is -2.26. The molecule has 2 N–H and O–H groups in total. The van der Waals surface area contributed by atoms with E-state index in [1.165, 1.54) is 11.1 Å². The van der Waals surface area contributed by atoms with Gasteiger partial charge in [-0.2, -0.15) is 0 Å². The highest BCUT2D eigenvalue weighted by Gasteiger charge is 2.17. The second kappa shape index (κ2) is 11.7. The molecule has 184 valence electrons. The van der Waals surface area contributed by atoms with Crippen molar-refractivity contribution in [2.45, 2.75) is 26.8 Å².